The van der Waals surface area contributed by atoms with Crippen molar-refractivity contribution >= 4 is 29.3 Å². The normalized spacial score (nSPS) is 17.7. The molecule has 0 unspecified atom stereocenters. The Morgan fingerprint density at radius 1 is 1.43 bits per heavy atom. The highest BCUT2D eigenvalue weighted by molar-refractivity contribution is 8.02. The summed E-state index contributed by atoms with van der Waals surface area (Å²) >= 11 is 8.07. The van der Waals surface area contributed by atoms with Crippen LogP contribution in [0.5, 0.6) is 0 Å². The molecule has 1 aliphatic rings. The Morgan fingerprint density at radius 2 is 2.14 bits per heavy atom. The van der Waals surface area contributed by atoms with E-state index in [0.29, 0.717) is 5.02 Å². The third-order valence-electron chi connectivity index (χ3n) is 3.78. The first-order valence-electron chi connectivity index (χ1n) is 6.87. The van der Waals surface area contributed by atoms with E-state index in [1.165, 1.54) is 17.6 Å². The molecule has 21 heavy (non-hydrogen) atoms. The number of carbonyl (C=O) groups excluding carboxylic acids is 1. The largest absolute Gasteiger partial charge is 0.468 e. The van der Waals surface area contributed by atoms with Crippen molar-refractivity contribution in [3.8, 4) is 0 Å². The zero-order valence-corrected chi connectivity index (χ0v) is 14.1. The van der Waals surface area contributed by atoms with E-state index in [1.54, 1.807) is 11.8 Å². The summed E-state index contributed by atoms with van der Waals surface area (Å²) < 4.78 is 5.00. The number of halogens is 1. The van der Waals surface area contributed by atoms with Gasteiger partial charge in [-0.2, -0.15) is 0 Å². The standard InChI is InChI=1S/C16H20ClNO2S/c1-11-10-18(9-8-14(11)21-3)15(16(19)20-2)12-6-4-5-7-13(12)17/h4-7,15H,8-10H2,1-3H3/t15-/m1/s1. The molecule has 114 valence electrons. The van der Waals surface area contributed by atoms with Crippen LogP contribution >= 0.6 is 23.4 Å². The van der Waals surface area contributed by atoms with Gasteiger partial charge in [0.15, 0.2) is 0 Å². The van der Waals surface area contributed by atoms with Gasteiger partial charge in [0, 0.05) is 18.1 Å². The Kier molecular flexibility index (Phi) is 5.73. The van der Waals surface area contributed by atoms with Crippen molar-refractivity contribution in [3.63, 3.8) is 0 Å². The van der Waals surface area contributed by atoms with E-state index in [9.17, 15) is 4.79 Å². The molecule has 0 aromatic heterocycles. The highest BCUT2D eigenvalue weighted by Crippen LogP contribution is 2.34. The van der Waals surface area contributed by atoms with Crippen molar-refractivity contribution in [1.82, 2.24) is 4.90 Å². The molecule has 0 bridgehead atoms. The lowest BCUT2D eigenvalue weighted by Crippen LogP contribution is -2.39. The Hall–Kier alpha value is -0.970. The van der Waals surface area contributed by atoms with Crippen LogP contribution in [-0.4, -0.2) is 37.3 Å². The maximum Gasteiger partial charge on any atom is 0.327 e. The molecule has 1 aromatic rings. The van der Waals surface area contributed by atoms with E-state index in [-0.39, 0.29) is 5.97 Å². The molecule has 0 saturated heterocycles. The summed E-state index contributed by atoms with van der Waals surface area (Å²) in [5.74, 6) is -0.261. The van der Waals surface area contributed by atoms with E-state index >= 15 is 0 Å². The Balaban J connectivity index is 2.33. The fourth-order valence-electron chi connectivity index (χ4n) is 2.71. The molecule has 0 fully saturated rings. The van der Waals surface area contributed by atoms with Crippen molar-refractivity contribution < 1.29 is 9.53 Å². The SMILES string of the molecule is COC(=O)[C@@H](c1ccccc1Cl)N1CCC(SC)=C(C)C1. The van der Waals surface area contributed by atoms with Crippen LogP contribution < -0.4 is 0 Å². The molecule has 2 rings (SSSR count). The van der Waals surface area contributed by atoms with Gasteiger partial charge in [-0.05, 0) is 41.7 Å². The lowest BCUT2D eigenvalue weighted by molar-refractivity contribution is -0.147. The smallest absolute Gasteiger partial charge is 0.327 e. The predicted octanol–water partition coefficient (Wildman–Crippen LogP) is 3.90. The van der Waals surface area contributed by atoms with Gasteiger partial charge in [0.25, 0.3) is 0 Å². The number of esters is 1. The first-order chi connectivity index (χ1) is 10.1. The Morgan fingerprint density at radius 3 is 2.71 bits per heavy atom. The van der Waals surface area contributed by atoms with Gasteiger partial charge in [0.1, 0.15) is 6.04 Å². The first-order valence-corrected chi connectivity index (χ1v) is 8.47. The van der Waals surface area contributed by atoms with E-state index < -0.39 is 6.04 Å². The van der Waals surface area contributed by atoms with Gasteiger partial charge in [0.05, 0.1) is 7.11 Å². The molecular formula is C16H20ClNO2S. The molecule has 0 saturated carbocycles. The van der Waals surface area contributed by atoms with Crippen LogP contribution in [0, 0.1) is 0 Å². The maximum atomic E-state index is 12.3. The van der Waals surface area contributed by atoms with Crippen LogP contribution in [0.15, 0.2) is 34.7 Å². The lowest BCUT2D eigenvalue weighted by atomic mass is 10.0. The molecule has 3 nitrogen and oxygen atoms in total. The average Bonchev–Trinajstić information content (AvgIpc) is 2.49. The number of ether oxygens (including phenoxy) is 1. The molecule has 1 aromatic carbocycles. The number of rotatable bonds is 4. The minimum atomic E-state index is -0.443. The molecule has 1 aliphatic heterocycles. The first kappa shape index (κ1) is 16.4. The third kappa shape index (κ3) is 3.62. The van der Waals surface area contributed by atoms with Gasteiger partial charge in [0.2, 0.25) is 0 Å². The van der Waals surface area contributed by atoms with E-state index in [0.717, 1.165) is 25.1 Å². The minimum Gasteiger partial charge on any atom is -0.468 e. The zero-order valence-electron chi connectivity index (χ0n) is 12.6. The van der Waals surface area contributed by atoms with Crippen LogP contribution in [0.2, 0.25) is 5.02 Å². The topological polar surface area (TPSA) is 29.5 Å². The van der Waals surface area contributed by atoms with E-state index in [4.69, 9.17) is 16.3 Å². The quantitative estimate of drug-likeness (QED) is 0.785. The summed E-state index contributed by atoms with van der Waals surface area (Å²) in [7, 11) is 1.42. The third-order valence-corrected chi connectivity index (χ3v) is 5.17. The molecule has 1 atom stereocenters. The van der Waals surface area contributed by atoms with Crippen molar-refractivity contribution in [1.29, 1.82) is 0 Å². The number of hydrogen-bond donors (Lipinski definition) is 0. The van der Waals surface area contributed by atoms with Crippen molar-refractivity contribution in [2.45, 2.75) is 19.4 Å². The highest BCUT2D eigenvalue weighted by Gasteiger charge is 2.32. The van der Waals surface area contributed by atoms with E-state index in [1.807, 2.05) is 24.3 Å². The maximum absolute atomic E-state index is 12.3. The fourth-order valence-corrected chi connectivity index (χ4v) is 3.66. The number of nitrogens with zero attached hydrogens (tertiary/aromatic N) is 1. The van der Waals surface area contributed by atoms with Gasteiger partial charge in [-0.3, -0.25) is 4.90 Å². The zero-order chi connectivity index (χ0) is 15.4. The molecule has 0 spiro atoms. The van der Waals surface area contributed by atoms with Crippen LogP contribution in [0.4, 0.5) is 0 Å². The van der Waals surface area contributed by atoms with Gasteiger partial charge in [-0.25, -0.2) is 4.79 Å². The summed E-state index contributed by atoms with van der Waals surface area (Å²) in [4.78, 5) is 15.8. The number of hydrogen-bond acceptors (Lipinski definition) is 4. The van der Waals surface area contributed by atoms with Crippen molar-refractivity contribution in [2.24, 2.45) is 0 Å². The highest BCUT2D eigenvalue weighted by atomic mass is 35.5. The summed E-state index contributed by atoms with van der Waals surface area (Å²) in [5.41, 5.74) is 2.13. The van der Waals surface area contributed by atoms with Gasteiger partial charge >= 0.3 is 5.97 Å². The number of thioether (sulfide) groups is 1. The number of benzene rings is 1. The second-order valence-corrected chi connectivity index (χ2v) is 6.38. The van der Waals surface area contributed by atoms with Crippen molar-refractivity contribution in [3.05, 3.63) is 45.3 Å². The van der Waals surface area contributed by atoms with Crippen LogP contribution in [0.1, 0.15) is 24.9 Å². The van der Waals surface area contributed by atoms with Gasteiger partial charge in [-0.1, -0.05) is 29.8 Å². The Bertz CT molecular complexity index is 559. The van der Waals surface area contributed by atoms with E-state index in [2.05, 4.69) is 18.1 Å². The van der Waals surface area contributed by atoms with Crippen molar-refractivity contribution in [2.75, 3.05) is 26.5 Å². The Labute approximate surface area is 135 Å². The molecule has 0 N–H and O–H groups in total. The summed E-state index contributed by atoms with van der Waals surface area (Å²) in [6, 6.07) is 7.03. The second kappa shape index (κ2) is 7.34. The molecule has 5 heteroatoms. The minimum absolute atomic E-state index is 0.261. The predicted molar refractivity (Wildman–Crippen MR) is 88.6 cm³/mol. The number of carbonyl (C=O) groups is 1. The monoisotopic (exact) mass is 325 g/mol. The average molecular weight is 326 g/mol. The molecule has 0 amide bonds. The van der Waals surface area contributed by atoms with Gasteiger partial charge in [-0.15, -0.1) is 11.8 Å². The molecule has 0 radical (unpaired) electrons. The van der Waals surface area contributed by atoms with Crippen LogP contribution in [0.25, 0.3) is 0 Å². The second-order valence-electron chi connectivity index (χ2n) is 5.08. The molecule has 1 heterocycles. The summed E-state index contributed by atoms with van der Waals surface area (Å²) in [6.45, 7) is 3.72. The summed E-state index contributed by atoms with van der Waals surface area (Å²) in [5, 5.41) is 0.602. The number of methoxy groups -OCH3 is 1. The van der Waals surface area contributed by atoms with Crippen LogP contribution in [-0.2, 0) is 9.53 Å². The molecular weight excluding hydrogens is 306 g/mol. The van der Waals surface area contributed by atoms with Crippen LogP contribution in [0.3, 0.4) is 0 Å². The molecule has 0 aliphatic carbocycles. The fraction of sp³-hybridized carbons (Fsp3) is 0.438. The van der Waals surface area contributed by atoms with Gasteiger partial charge < -0.3 is 4.74 Å². The lowest BCUT2D eigenvalue weighted by Gasteiger charge is -2.34. The summed E-state index contributed by atoms with van der Waals surface area (Å²) in [6.07, 6.45) is 3.06.